The number of ether oxygens (including phenoxy) is 1. The van der Waals surface area contributed by atoms with Gasteiger partial charge >= 0.3 is 0 Å². The third-order valence-electron chi connectivity index (χ3n) is 5.26. The van der Waals surface area contributed by atoms with E-state index in [0.29, 0.717) is 41.9 Å². The molecule has 0 aromatic carbocycles. The Hall–Kier alpha value is -2.56. The van der Waals surface area contributed by atoms with Crippen molar-refractivity contribution in [2.24, 2.45) is 0 Å². The Labute approximate surface area is 194 Å². The van der Waals surface area contributed by atoms with Crippen LogP contribution in [0, 0.1) is 0 Å². The first-order valence-corrected chi connectivity index (χ1v) is 12.5. The maximum atomic E-state index is 12.9. The van der Waals surface area contributed by atoms with Crippen LogP contribution in [0.15, 0.2) is 21.2 Å². The molecule has 4 rings (SSSR count). The van der Waals surface area contributed by atoms with Gasteiger partial charge in [0.1, 0.15) is 5.00 Å². The normalized spacial score (nSPS) is 13.0. The molecule has 0 saturated carbocycles. The minimum Gasteiger partial charge on any atom is -0.421 e. The third kappa shape index (κ3) is 5.43. The number of carbonyl (C=O) groups is 2. The molecule has 3 heterocycles. The van der Waals surface area contributed by atoms with E-state index >= 15 is 0 Å². The van der Waals surface area contributed by atoms with Gasteiger partial charge in [-0.2, -0.15) is 11.3 Å². The topological polar surface area (TPSA) is 106 Å². The van der Waals surface area contributed by atoms with Crippen molar-refractivity contribution in [3.05, 3.63) is 38.7 Å². The zero-order valence-corrected chi connectivity index (χ0v) is 19.6. The van der Waals surface area contributed by atoms with Crippen molar-refractivity contribution in [3.63, 3.8) is 0 Å². The summed E-state index contributed by atoms with van der Waals surface area (Å²) in [6, 6.07) is 1.91. The number of nitrogens with one attached hydrogen (secondary N) is 2. The number of nitrogens with zero attached hydrogens (tertiary/aromatic N) is 2. The first-order valence-electron chi connectivity index (χ1n) is 10.7. The molecule has 2 amide bonds. The van der Waals surface area contributed by atoms with Gasteiger partial charge in [0.15, 0.2) is 0 Å². The molecule has 1 aliphatic carbocycles. The lowest BCUT2D eigenvalue weighted by Crippen LogP contribution is -2.27. The van der Waals surface area contributed by atoms with E-state index in [1.54, 1.807) is 18.4 Å². The lowest BCUT2D eigenvalue weighted by atomic mass is 9.95. The van der Waals surface area contributed by atoms with E-state index in [0.717, 1.165) is 43.2 Å². The van der Waals surface area contributed by atoms with E-state index in [1.165, 1.54) is 16.2 Å². The van der Waals surface area contributed by atoms with E-state index < -0.39 is 0 Å². The van der Waals surface area contributed by atoms with Crippen LogP contribution in [-0.4, -0.2) is 42.3 Å². The molecule has 0 fully saturated rings. The highest BCUT2D eigenvalue weighted by atomic mass is 32.1. The molecule has 3 aromatic rings. The highest BCUT2D eigenvalue weighted by Crippen LogP contribution is 2.38. The third-order valence-corrected chi connectivity index (χ3v) is 7.15. The zero-order chi connectivity index (χ0) is 22.3. The molecule has 0 aliphatic heterocycles. The lowest BCUT2D eigenvalue weighted by Gasteiger charge is -2.13. The first kappa shape index (κ1) is 22.6. The molecule has 32 heavy (non-hydrogen) atoms. The molecule has 10 heteroatoms. The van der Waals surface area contributed by atoms with E-state index in [2.05, 4.69) is 20.8 Å². The van der Waals surface area contributed by atoms with Crippen LogP contribution in [0.2, 0.25) is 0 Å². The Balaban J connectivity index is 1.40. The molecule has 8 nitrogen and oxygen atoms in total. The summed E-state index contributed by atoms with van der Waals surface area (Å²) in [6.07, 6.45) is 5.27. The average Bonchev–Trinajstić information content (AvgIpc) is 3.54. The van der Waals surface area contributed by atoms with Gasteiger partial charge in [-0.15, -0.1) is 21.5 Å². The summed E-state index contributed by atoms with van der Waals surface area (Å²) in [7, 11) is 1.64. The molecule has 0 atom stereocenters. The second-order valence-electron chi connectivity index (χ2n) is 7.58. The molecular weight excluding hydrogens is 448 g/mol. The van der Waals surface area contributed by atoms with E-state index in [4.69, 9.17) is 9.15 Å². The number of aryl methyl sites for hydroxylation is 2. The maximum Gasteiger partial charge on any atom is 0.254 e. The molecule has 3 aromatic heterocycles. The average molecular weight is 475 g/mol. The summed E-state index contributed by atoms with van der Waals surface area (Å²) in [5.41, 5.74) is 2.58. The minimum absolute atomic E-state index is 0.131. The quantitative estimate of drug-likeness (QED) is 0.429. The van der Waals surface area contributed by atoms with Gasteiger partial charge < -0.3 is 19.8 Å². The van der Waals surface area contributed by atoms with Crippen molar-refractivity contribution in [3.8, 4) is 11.5 Å². The predicted molar refractivity (Wildman–Crippen MR) is 124 cm³/mol. The highest BCUT2D eigenvalue weighted by Gasteiger charge is 2.26. The summed E-state index contributed by atoms with van der Waals surface area (Å²) in [6.45, 7) is 1.13. The van der Waals surface area contributed by atoms with Crippen LogP contribution in [0.1, 0.15) is 52.4 Å². The largest absolute Gasteiger partial charge is 0.421 e. The van der Waals surface area contributed by atoms with Crippen molar-refractivity contribution < 1.29 is 18.7 Å². The minimum atomic E-state index is -0.174. The molecular formula is C22H26N4O4S2. The number of methoxy groups -OCH3 is 1. The van der Waals surface area contributed by atoms with Crippen molar-refractivity contribution in [2.45, 2.75) is 44.9 Å². The zero-order valence-electron chi connectivity index (χ0n) is 17.9. The fourth-order valence-electron chi connectivity index (χ4n) is 3.67. The van der Waals surface area contributed by atoms with Crippen molar-refractivity contribution in [2.75, 3.05) is 25.6 Å². The molecule has 170 valence electrons. The summed E-state index contributed by atoms with van der Waals surface area (Å²) in [5.74, 6) is 0.573. The van der Waals surface area contributed by atoms with Crippen LogP contribution in [0.4, 0.5) is 5.00 Å². The Morgan fingerprint density at radius 1 is 1.25 bits per heavy atom. The number of rotatable bonds is 10. The second kappa shape index (κ2) is 10.8. The van der Waals surface area contributed by atoms with Crippen LogP contribution >= 0.6 is 22.7 Å². The van der Waals surface area contributed by atoms with E-state index in [9.17, 15) is 9.59 Å². The number of carbonyl (C=O) groups excluding carboxylic acids is 2. The number of fused-ring (bicyclic) bond motifs is 1. The molecule has 0 bridgehead atoms. The molecule has 1 aliphatic rings. The predicted octanol–water partition coefficient (Wildman–Crippen LogP) is 4.08. The van der Waals surface area contributed by atoms with E-state index in [-0.39, 0.29) is 18.2 Å². The number of hydrogen-bond donors (Lipinski definition) is 2. The first-order chi connectivity index (χ1) is 15.7. The number of anilines is 1. The van der Waals surface area contributed by atoms with Crippen molar-refractivity contribution in [1.82, 2.24) is 15.5 Å². The smallest absolute Gasteiger partial charge is 0.254 e. The van der Waals surface area contributed by atoms with Crippen LogP contribution in [-0.2, 0) is 28.8 Å². The number of amides is 2. The van der Waals surface area contributed by atoms with Gasteiger partial charge in [0.05, 0.1) is 5.56 Å². The number of thiophene rings is 2. The van der Waals surface area contributed by atoms with Gasteiger partial charge in [-0.05, 0) is 49.1 Å². The highest BCUT2D eigenvalue weighted by molar-refractivity contribution is 7.17. The van der Waals surface area contributed by atoms with Crippen LogP contribution in [0.3, 0.4) is 0 Å². The summed E-state index contributed by atoms with van der Waals surface area (Å²) in [5, 5.41) is 18.5. The van der Waals surface area contributed by atoms with Gasteiger partial charge in [0, 0.05) is 48.9 Å². The Bertz CT molecular complexity index is 1060. The monoisotopic (exact) mass is 474 g/mol. The molecule has 0 saturated heterocycles. The van der Waals surface area contributed by atoms with Gasteiger partial charge in [0.2, 0.25) is 17.7 Å². The van der Waals surface area contributed by atoms with Crippen LogP contribution in [0.25, 0.3) is 11.5 Å². The SMILES string of the molecule is COCCCNC(=O)c1c(NC(=O)CCc2nnc(-c3ccsc3)o2)sc2c1CCCC2. The van der Waals surface area contributed by atoms with Gasteiger partial charge in [-0.3, -0.25) is 9.59 Å². The molecule has 0 unspecified atom stereocenters. The fourth-order valence-corrected chi connectivity index (χ4v) is 5.60. The second-order valence-corrected chi connectivity index (χ2v) is 9.46. The summed E-state index contributed by atoms with van der Waals surface area (Å²) < 4.78 is 10.7. The van der Waals surface area contributed by atoms with Crippen molar-refractivity contribution >= 4 is 39.5 Å². The van der Waals surface area contributed by atoms with Crippen LogP contribution < -0.4 is 10.6 Å². The molecule has 0 spiro atoms. The standard InChI is InChI=1S/C22H26N4O4S2/c1-29-11-4-10-23-20(28)19-15-5-2-3-6-16(15)32-22(19)24-17(27)7-8-18-25-26-21(30-18)14-9-12-31-13-14/h9,12-13H,2-8,10-11H2,1H3,(H,23,28)(H,24,27). The number of hydrogen-bond acceptors (Lipinski definition) is 8. The fraction of sp³-hybridized carbons (Fsp3) is 0.455. The Kier molecular flexibility index (Phi) is 7.67. The van der Waals surface area contributed by atoms with Gasteiger partial charge in [-0.1, -0.05) is 0 Å². The Morgan fingerprint density at radius 3 is 2.94 bits per heavy atom. The lowest BCUT2D eigenvalue weighted by molar-refractivity contribution is -0.116. The number of aromatic nitrogens is 2. The maximum absolute atomic E-state index is 12.9. The van der Waals surface area contributed by atoms with Crippen LogP contribution in [0.5, 0.6) is 0 Å². The van der Waals surface area contributed by atoms with Gasteiger partial charge in [0.25, 0.3) is 5.91 Å². The van der Waals surface area contributed by atoms with Gasteiger partial charge in [-0.25, -0.2) is 0 Å². The molecule has 2 N–H and O–H groups in total. The Morgan fingerprint density at radius 2 is 2.12 bits per heavy atom. The summed E-state index contributed by atoms with van der Waals surface area (Å²) in [4.78, 5) is 26.8. The van der Waals surface area contributed by atoms with Crippen molar-refractivity contribution in [1.29, 1.82) is 0 Å². The van der Waals surface area contributed by atoms with E-state index in [1.807, 2.05) is 16.8 Å². The molecule has 0 radical (unpaired) electrons. The summed E-state index contributed by atoms with van der Waals surface area (Å²) >= 11 is 3.07.